The van der Waals surface area contributed by atoms with Crippen LogP contribution in [-0.4, -0.2) is 25.1 Å². The van der Waals surface area contributed by atoms with Crippen LogP contribution in [0.2, 0.25) is 0 Å². The molecular formula is C30H36F2O4. The summed E-state index contributed by atoms with van der Waals surface area (Å²) in [5.74, 6) is -2.03. The minimum absolute atomic E-state index is 0.0370. The van der Waals surface area contributed by atoms with E-state index in [1.165, 1.54) is 30.4 Å². The van der Waals surface area contributed by atoms with Gasteiger partial charge in [-0.2, -0.15) is 0 Å². The van der Waals surface area contributed by atoms with Gasteiger partial charge in [0.15, 0.2) is 0 Å². The maximum Gasteiger partial charge on any atom is 0.330 e. The van der Waals surface area contributed by atoms with E-state index in [-0.39, 0.29) is 38.9 Å². The smallest absolute Gasteiger partial charge is 0.330 e. The molecule has 0 spiro atoms. The Morgan fingerprint density at radius 3 is 2.53 bits per heavy atom. The molecule has 2 aromatic carbocycles. The molecule has 0 amide bonds. The van der Waals surface area contributed by atoms with Crippen LogP contribution in [0.1, 0.15) is 63.0 Å². The number of ether oxygens (including phenoxy) is 2. The van der Waals surface area contributed by atoms with Crippen LogP contribution < -0.4 is 4.74 Å². The molecule has 0 bridgehead atoms. The van der Waals surface area contributed by atoms with Crippen LogP contribution in [0.5, 0.6) is 5.75 Å². The number of halogens is 2. The Kier molecular flexibility index (Phi) is 10.1. The van der Waals surface area contributed by atoms with Gasteiger partial charge in [0.25, 0.3) is 0 Å². The second kappa shape index (κ2) is 13.2. The van der Waals surface area contributed by atoms with E-state index < -0.39 is 11.9 Å². The summed E-state index contributed by atoms with van der Waals surface area (Å²) in [4.78, 5) is 11.0. The van der Waals surface area contributed by atoms with E-state index in [2.05, 4.69) is 38.6 Å². The Morgan fingerprint density at radius 2 is 1.81 bits per heavy atom. The van der Waals surface area contributed by atoms with Crippen molar-refractivity contribution in [3.8, 4) is 17.1 Å². The average Bonchev–Trinajstić information content (AvgIpc) is 3.27. The fourth-order valence-corrected chi connectivity index (χ4v) is 4.18. The quantitative estimate of drug-likeness (QED) is 0.120. The summed E-state index contributed by atoms with van der Waals surface area (Å²) in [6.07, 6.45) is 5.46. The highest BCUT2D eigenvalue weighted by Crippen LogP contribution is 2.33. The topological polar surface area (TPSA) is 48.7 Å². The minimum atomic E-state index is -2.83. The lowest BCUT2D eigenvalue weighted by molar-refractivity contribution is -0.138. The molecule has 0 saturated carbocycles. The number of alkyl halides is 2. The molecule has 6 heteroatoms. The Balaban J connectivity index is 1.51. The number of carbonyl (C=O) groups excluding carboxylic acids is 1. The minimum Gasteiger partial charge on any atom is -0.493 e. The molecule has 0 atom stereocenters. The van der Waals surface area contributed by atoms with Gasteiger partial charge in [-0.1, -0.05) is 44.5 Å². The Hall–Kier alpha value is -3.15. The number of esters is 1. The lowest BCUT2D eigenvalue weighted by Gasteiger charge is -2.16. The zero-order valence-corrected chi connectivity index (χ0v) is 21.3. The number of benzene rings is 2. The Labute approximate surface area is 212 Å². The van der Waals surface area contributed by atoms with E-state index >= 15 is 0 Å². The number of carbonyl (C=O) groups is 1. The number of hydrogen-bond acceptors (Lipinski definition) is 4. The average molecular weight is 499 g/mol. The van der Waals surface area contributed by atoms with Crippen molar-refractivity contribution in [3.63, 3.8) is 0 Å². The Bertz CT molecular complexity index is 1150. The fraction of sp³-hybridized carbons (Fsp3) is 0.433. The van der Waals surface area contributed by atoms with Gasteiger partial charge in [0.1, 0.15) is 17.1 Å². The summed E-state index contributed by atoms with van der Waals surface area (Å²) >= 11 is 0. The zero-order valence-electron chi connectivity index (χ0n) is 21.3. The van der Waals surface area contributed by atoms with Crippen molar-refractivity contribution in [3.05, 3.63) is 66.2 Å². The standard InChI is InChI=1S/C30H36F2O4/c1-4-6-7-10-23-11-14-26(22(3)19-23)28-20-24-12-13-25(21-27(24)36-28)34-17-8-15-30(31,32)16-9-18-35-29(33)5-2/h5,11-14,19-21H,2,4,6-10,15-18H2,1,3H3. The molecular weight excluding hydrogens is 462 g/mol. The van der Waals surface area contributed by atoms with E-state index in [4.69, 9.17) is 13.9 Å². The van der Waals surface area contributed by atoms with E-state index in [9.17, 15) is 13.6 Å². The summed E-state index contributed by atoms with van der Waals surface area (Å²) in [6, 6.07) is 14.1. The summed E-state index contributed by atoms with van der Waals surface area (Å²) in [5, 5.41) is 0.965. The highest BCUT2D eigenvalue weighted by molar-refractivity contribution is 5.84. The number of fused-ring (bicyclic) bond motifs is 1. The molecule has 4 nitrogen and oxygen atoms in total. The summed E-state index contributed by atoms with van der Waals surface area (Å²) in [5.41, 5.74) is 4.29. The summed E-state index contributed by atoms with van der Waals surface area (Å²) < 4.78 is 44.6. The molecule has 1 heterocycles. The van der Waals surface area contributed by atoms with Crippen LogP contribution in [0.4, 0.5) is 8.78 Å². The normalized spacial score (nSPS) is 11.6. The molecule has 194 valence electrons. The largest absolute Gasteiger partial charge is 0.493 e. The lowest BCUT2D eigenvalue weighted by atomic mass is 10.00. The molecule has 0 N–H and O–H groups in total. The Morgan fingerprint density at radius 1 is 1.03 bits per heavy atom. The molecule has 3 aromatic rings. The number of furan rings is 1. The van der Waals surface area contributed by atoms with Crippen molar-refractivity contribution >= 4 is 16.9 Å². The summed E-state index contributed by atoms with van der Waals surface area (Å²) in [7, 11) is 0. The second-order valence-corrected chi connectivity index (χ2v) is 9.20. The maximum absolute atomic E-state index is 14.0. The van der Waals surface area contributed by atoms with Gasteiger partial charge in [0, 0.05) is 35.9 Å². The van der Waals surface area contributed by atoms with Crippen molar-refractivity contribution in [1.82, 2.24) is 0 Å². The van der Waals surface area contributed by atoms with Gasteiger partial charge in [-0.05, 0) is 61.9 Å². The molecule has 1 aromatic heterocycles. The van der Waals surface area contributed by atoms with Crippen LogP contribution in [0, 0.1) is 6.92 Å². The molecule has 0 aliphatic carbocycles. The molecule has 0 aliphatic heterocycles. The molecule has 36 heavy (non-hydrogen) atoms. The fourth-order valence-electron chi connectivity index (χ4n) is 4.18. The van der Waals surface area contributed by atoms with Gasteiger partial charge >= 0.3 is 5.97 Å². The number of unbranched alkanes of at least 4 members (excludes halogenated alkanes) is 2. The van der Waals surface area contributed by atoms with Gasteiger partial charge in [0.2, 0.25) is 5.92 Å². The van der Waals surface area contributed by atoms with Gasteiger partial charge in [-0.15, -0.1) is 0 Å². The first-order valence-electron chi connectivity index (χ1n) is 12.7. The van der Waals surface area contributed by atoms with Gasteiger partial charge < -0.3 is 13.9 Å². The van der Waals surface area contributed by atoms with Crippen LogP contribution in [0.3, 0.4) is 0 Å². The van der Waals surface area contributed by atoms with Crippen LogP contribution in [0.15, 0.2) is 59.5 Å². The molecule has 0 aliphatic rings. The molecule has 3 rings (SSSR count). The number of hydrogen-bond donors (Lipinski definition) is 0. The van der Waals surface area contributed by atoms with Gasteiger partial charge in [0.05, 0.1) is 13.2 Å². The van der Waals surface area contributed by atoms with E-state index in [1.54, 1.807) is 6.07 Å². The second-order valence-electron chi connectivity index (χ2n) is 9.20. The first-order valence-corrected chi connectivity index (χ1v) is 12.7. The SMILES string of the molecule is C=CC(=O)OCCCC(F)(F)CCCOc1ccc2cc(-c3ccc(CCCCC)cc3C)oc2c1. The predicted octanol–water partition coefficient (Wildman–Crippen LogP) is 8.44. The lowest BCUT2D eigenvalue weighted by Crippen LogP contribution is -2.18. The maximum atomic E-state index is 14.0. The zero-order chi connectivity index (χ0) is 26.0. The van der Waals surface area contributed by atoms with Crippen molar-refractivity contribution in [1.29, 1.82) is 0 Å². The van der Waals surface area contributed by atoms with Crippen LogP contribution >= 0.6 is 0 Å². The highest BCUT2D eigenvalue weighted by atomic mass is 19.3. The van der Waals surface area contributed by atoms with Crippen LogP contribution in [0.25, 0.3) is 22.3 Å². The van der Waals surface area contributed by atoms with Crippen molar-refractivity contribution in [2.75, 3.05) is 13.2 Å². The van der Waals surface area contributed by atoms with E-state index in [1.807, 2.05) is 18.2 Å². The van der Waals surface area contributed by atoms with E-state index in [0.29, 0.717) is 11.3 Å². The van der Waals surface area contributed by atoms with Crippen LogP contribution in [-0.2, 0) is 16.0 Å². The molecule has 0 fully saturated rings. The predicted molar refractivity (Wildman–Crippen MR) is 140 cm³/mol. The van der Waals surface area contributed by atoms with Crippen molar-refractivity contribution < 1.29 is 27.5 Å². The van der Waals surface area contributed by atoms with Gasteiger partial charge in [-0.3, -0.25) is 0 Å². The first kappa shape index (κ1) is 27.4. The monoisotopic (exact) mass is 498 g/mol. The third-order valence-electron chi connectivity index (χ3n) is 6.17. The molecule has 0 saturated heterocycles. The number of aryl methyl sites for hydroxylation is 2. The van der Waals surface area contributed by atoms with Crippen molar-refractivity contribution in [2.24, 2.45) is 0 Å². The highest BCUT2D eigenvalue weighted by Gasteiger charge is 2.27. The van der Waals surface area contributed by atoms with Crippen molar-refractivity contribution in [2.45, 2.75) is 71.1 Å². The third kappa shape index (κ3) is 8.21. The van der Waals surface area contributed by atoms with E-state index in [0.717, 1.165) is 29.2 Å². The molecule has 0 radical (unpaired) electrons. The van der Waals surface area contributed by atoms with Gasteiger partial charge in [-0.25, -0.2) is 13.6 Å². The summed E-state index contributed by atoms with van der Waals surface area (Å²) in [6.45, 7) is 7.72. The molecule has 0 unspecified atom stereocenters. The first-order chi connectivity index (χ1) is 17.3. The third-order valence-corrected chi connectivity index (χ3v) is 6.17. The number of rotatable bonds is 15.